The maximum absolute atomic E-state index is 13.3. The van der Waals surface area contributed by atoms with E-state index < -0.39 is 17.7 Å². The van der Waals surface area contributed by atoms with Crippen LogP contribution in [0.2, 0.25) is 0 Å². The summed E-state index contributed by atoms with van der Waals surface area (Å²) in [5.74, 6) is -1.35. The molecule has 176 valence electrons. The number of pyridine rings is 1. The molecule has 6 nitrogen and oxygen atoms in total. The number of nitrogens with zero attached hydrogens (tertiary/aromatic N) is 2. The molecule has 4 unspecified atom stereocenters. The highest BCUT2D eigenvalue weighted by molar-refractivity contribution is 6.05. The molecule has 1 aromatic carbocycles. The molecule has 4 atom stereocenters. The molecule has 0 radical (unpaired) electrons. The third-order valence-electron chi connectivity index (χ3n) is 8.30. The van der Waals surface area contributed by atoms with E-state index in [1.807, 2.05) is 10.6 Å². The van der Waals surface area contributed by atoms with Gasteiger partial charge in [-0.15, -0.1) is 0 Å². The van der Waals surface area contributed by atoms with Crippen LogP contribution in [0, 0.1) is 16.7 Å². The smallest absolute Gasteiger partial charge is 0.416 e. The van der Waals surface area contributed by atoms with Crippen molar-refractivity contribution >= 4 is 22.8 Å². The predicted octanol–water partition coefficient (Wildman–Crippen LogP) is 4.48. The number of hydrogen-bond donors (Lipinski definition) is 2. The summed E-state index contributed by atoms with van der Waals surface area (Å²) in [5.41, 5.74) is 1.04. The molecule has 3 aliphatic carbocycles. The number of carbonyl (C=O) groups excluding carboxylic acids is 1. The molecule has 34 heavy (non-hydrogen) atoms. The topological polar surface area (TPSA) is 84.2 Å². The Morgan fingerprint density at radius 1 is 1.12 bits per heavy atom. The van der Waals surface area contributed by atoms with Gasteiger partial charge in [0.25, 0.3) is 5.91 Å². The molecule has 0 aliphatic heterocycles. The number of fused-ring (bicyclic) bond motifs is 1. The molecule has 3 fully saturated rings. The Kier molecular flexibility index (Phi) is 4.26. The van der Waals surface area contributed by atoms with E-state index in [4.69, 9.17) is 0 Å². The molecule has 3 aromatic rings. The number of carbonyl (C=O) groups is 2. The molecule has 1 amide bonds. The number of aliphatic carboxylic acids is 1. The standard InChI is InChI=1S/C25H22F3N3O3/c26-25(27,28)17-3-1-14(2-4-17)12-31-6-5-15-10-29-11-18(20(15)31)21(32)30-19-9-23-7-16(22(33)34)8-24(19,23)13-23/h1-6,10-11,16,19H,7-9,12-13H2,(H,30,32)(H,33,34). The van der Waals surface area contributed by atoms with E-state index in [-0.39, 0.29) is 28.7 Å². The Hall–Kier alpha value is -3.36. The lowest BCUT2D eigenvalue weighted by atomic mass is 9.71. The first-order valence-corrected chi connectivity index (χ1v) is 11.2. The van der Waals surface area contributed by atoms with E-state index in [1.54, 1.807) is 12.4 Å². The van der Waals surface area contributed by atoms with Crippen molar-refractivity contribution < 1.29 is 27.9 Å². The first kappa shape index (κ1) is 21.2. The predicted molar refractivity (Wildman–Crippen MR) is 116 cm³/mol. The maximum Gasteiger partial charge on any atom is 0.416 e. The Morgan fingerprint density at radius 3 is 2.59 bits per heavy atom. The van der Waals surface area contributed by atoms with E-state index in [0.29, 0.717) is 36.0 Å². The zero-order valence-corrected chi connectivity index (χ0v) is 18.1. The van der Waals surface area contributed by atoms with Crippen LogP contribution >= 0.6 is 0 Å². The number of rotatable bonds is 5. The first-order valence-electron chi connectivity index (χ1n) is 11.2. The van der Waals surface area contributed by atoms with Crippen LogP contribution in [0.4, 0.5) is 13.2 Å². The number of benzene rings is 1. The maximum atomic E-state index is 13.3. The largest absolute Gasteiger partial charge is 0.481 e. The summed E-state index contributed by atoms with van der Waals surface area (Å²) in [6.45, 7) is 0.308. The van der Waals surface area contributed by atoms with Gasteiger partial charge < -0.3 is 15.0 Å². The second kappa shape index (κ2) is 6.84. The summed E-state index contributed by atoms with van der Waals surface area (Å²) in [6.07, 6.45) is 3.65. The van der Waals surface area contributed by atoms with Crippen LogP contribution in [-0.2, 0) is 17.5 Å². The number of carboxylic acid groups (broad SMARTS) is 1. The molecule has 6 rings (SSSR count). The van der Waals surface area contributed by atoms with Gasteiger partial charge in [-0.25, -0.2) is 0 Å². The molecular weight excluding hydrogens is 447 g/mol. The van der Waals surface area contributed by atoms with Crippen LogP contribution in [0.1, 0.15) is 47.2 Å². The first-order chi connectivity index (χ1) is 16.1. The molecule has 0 spiro atoms. The van der Waals surface area contributed by atoms with Crippen LogP contribution in [0.25, 0.3) is 10.9 Å². The lowest BCUT2D eigenvalue weighted by Crippen LogP contribution is -2.50. The minimum Gasteiger partial charge on any atom is -0.481 e. The molecule has 2 N–H and O–H groups in total. The van der Waals surface area contributed by atoms with Gasteiger partial charge in [-0.2, -0.15) is 13.2 Å². The molecule has 2 aromatic heterocycles. The summed E-state index contributed by atoms with van der Waals surface area (Å²) in [5, 5.41) is 13.3. The summed E-state index contributed by atoms with van der Waals surface area (Å²) >= 11 is 0. The van der Waals surface area contributed by atoms with Gasteiger partial charge in [-0.1, -0.05) is 12.1 Å². The molecule has 3 saturated carbocycles. The number of carboxylic acids is 1. The van der Waals surface area contributed by atoms with Crippen molar-refractivity contribution in [1.82, 2.24) is 14.9 Å². The number of amides is 1. The second-order valence-electron chi connectivity index (χ2n) is 10.1. The average Bonchev–Trinajstić information content (AvgIpc) is 3.05. The van der Waals surface area contributed by atoms with Gasteiger partial charge in [0.05, 0.1) is 22.6 Å². The molecular formula is C25H22F3N3O3. The van der Waals surface area contributed by atoms with Crippen molar-refractivity contribution in [3.63, 3.8) is 0 Å². The Morgan fingerprint density at radius 2 is 1.88 bits per heavy atom. The average molecular weight is 469 g/mol. The van der Waals surface area contributed by atoms with Crippen LogP contribution in [0.5, 0.6) is 0 Å². The van der Waals surface area contributed by atoms with Crippen LogP contribution in [0.15, 0.2) is 48.9 Å². The quantitative estimate of drug-likeness (QED) is 0.577. The van der Waals surface area contributed by atoms with Crippen molar-refractivity contribution in [2.75, 3.05) is 0 Å². The van der Waals surface area contributed by atoms with E-state index >= 15 is 0 Å². The van der Waals surface area contributed by atoms with E-state index in [1.165, 1.54) is 18.3 Å². The molecule has 2 heterocycles. The number of aromatic nitrogens is 2. The number of hydrogen-bond acceptors (Lipinski definition) is 3. The van der Waals surface area contributed by atoms with Crippen molar-refractivity contribution in [2.24, 2.45) is 16.7 Å². The highest BCUT2D eigenvalue weighted by atomic mass is 19.4. The second-order valence-corrected chi connectivity index (χ2v) is 10.1. The van der Waals surface area contributed by atoms with E-state index in [9.17, 15) is 27.9 Å². The fourth-order valence-corrected chi connectivity index (χ4v) is 6.61. The van der Waals surface area contributed by atoms with Crippen LogP contribution in [0.3, 0.4) is 0 Å². The summed E-state index contributed by atoms with van der Waals surface area (Å²) in [4.78, 5) is 28.9. The van der Waals surface area contributed by atoms with Crippen molar-refractivity contribution in [3.8, 4) is 0 Å². The van der Waals surface area contributed by atoms with Gasteiger partial charge in [0.2, 0.25) is 0 Å². The number of alkyl halides is 3. The van der Waals surface area contributed by atoms with Gasteiger partial charge in [0, 0.05) is 36.6 Å². The van der Waals surface area contributed by atoms with Crippen LogP contribution in [-0.4, -0.2) is 32.6 Å². The van der Waals surface area contributed by atoms with Crippen molar-refractivity contribution in [3.05, 3.63) is 65.6 Å². The van der Waals surface area contributed by atoms with Crippen molar-refractivity contribution in [2.45, 2.75) is 44.4 Å². The van der Waals surface area contributed by atoms with E-state index in [0.717, 1.165) is 30.4 Å². The van der Waals surface area contributed by atoms with Crippen molar-refractivity contribution in [1.29, 1.82) is 0 Å². The third-order valence-corrected chi connectivity index (χ3v) is 8.30. The van der Waals surface area contributed by atoms with Gasteiger partial charge in [-0.3, -0.25) is 14.6 Å². The van der Waals surface area contributed by atoms with E-state index in [2.05, 4.69) is 10.3 Å². The lowest BCUT2D eigenvalue weighted by molar-refractivity contribution is -0.142. The normalized spacial score (nSPS) is 29.3. The number of nitrogens with one attached hydrogen (secondary N) is 1. The number of halogens is 3. The monoisotopic (exact) mass is 469 g/mol. The van der Waals surface area contributed by atoms with Gasteiger partial charge in [-0.05, 0) is 60.3 Å². The molecule has 9 heteroatoms. The zero-order valence-electron chi connectivity index (χ0n) is 18.1. The fraction of sp³-hybridized carbons (Fsp3) is 0.400. The third kappa shape index (κ3) is 2.98. The SMILES string of the molecule is O=C(NC1CC23CC(C(=O)O)CC12C3)c1cncc2ccn(Cc3ccc(C(F)(F)F)cc3)c12. The molecule has 0 bridgehead atoms. The minimum absolute atomic E-state index is 0.0436. The highest BCUT2D eigenvalue weighted by Crippen LogP contribution is 2.85. The molecule has 0 saturated heterocycles. The zero-order chi connectivity index (χ0) is 23.9. The summed E-state index contributed by atoms with van der Waals surface area (Å²) < 4.78 is 40.5. The van der Waals surface area contributed by atoms with Gasteiger partial charge in [0.15, 0.2) is 0 Å². The Bertz CT molecular complexity index is 1330. The highest BCUT2D eigenvalue weighted by Gasteiger charge is 2.82. The fourth-order valence-electron chi connectivity index (χ4n) is 6.61. The summed E-state index contributed by atoms with van der Waals surface area (Å²) in [6, 6.07) is 6.77. The lowest BCUT2D eigenvalue weighted by Gasteiger charge is -2.40. The van der Waals surface area contributed by atoms with Gasteiger partial charge in [0.1, 0.15) is 0 Å². The minimum atomic E-state index is -4.39. The summed E-state index contributed by atoms with van der Waals surface area (Å²) in [7, 11) is 0. The van der Waals surface area contributed by atoms with Gasteiger partial charge >= 0.3 is 12.1 Å². The Labute approximate surface area is 192 Å². The molecule has 3 aliphatic rings. The Balaban J connectivity index is 1.23. The van der Waals surface area contributed by atoms with Crippen LogP contribution < -0.4 is 5.32 Å².